The topological polar surface area (TPSA) is 178 Å². The molecule has 1 heterocycles. The molecular formula is C29H32N4O7S. The summed E-state index contributed by atoms with van der Waals surface area (Å²) in [6, 6.07) is 12.5. The minimum absolute atomic E-state index is 0.0417. The number of carbonyl (C=O) groups excluding carboxylic acids is 3. The van der Waals surface area contributed by atoms with Crippen molar-refractivity contribution >= 4 is 33.9 Å². The van der Waals surface area contributed by atoms with Crippen LogP contribution in [0.5, 0.6) is 5.75 Å². The largest absolute Gasteiger partial charge is 0.493 e. The minimum atomic E-state index is -4.28. The average molecular weight is 581 g/mol. The van der Waals surface area contributed by atoms with Gasteiger partial charge in [0.1, 0.15) is 16.5 Å². The molecule has 0 aliphatic heterocycles. The van der Waals surface area contributed by atoms with Crippen LogP contribution in [-0.4, -0.2) is 49.1 Å². The average Bonchev–Trinajstić information content (AvgIpc) is 2.98. The van der Waals surface area contributed by atoms with Gasteiger partial charge < -0.3 is 15.5 Å². The number of hydrazine groups is 1. The molecule has 0 saturated carbocycles. The number of anilines is 1. The number of nitrogens with one attached hydrogen (secondary N) is 2. The lowest BCUT2D eigenvalue weighted by Gasteiger charge is -2.21. The van der Waals surface area contributed by atoms with Crippen molar-refractivity contribution < 1.29 is 32.1 Å². The van der Waals surface area contributed by atoms with E-state index in [1.807, 2.05) is 18.2 Å². The first-order valence-electron chi connectivity index (χ1n) is 12.8. The molecule has 216 valence electrons. The van der Waals surface area contributed by atoms with E-state index in [0.717, 1.165) is 35.3 Å². The Morgan fingerprint density at radius 1 is 1.15 bits per heavy atom. The number of hydrogen-bond acceptors (Lipinski definition) is 9. The number of aromatic nitrogens is 1. The van der Waals surface area contributed by atoms with Gasteiger partial charge in [0.15, 0.2) is 12.1 Å². The van der Waals surface area contributed by atoms with Crippen molar-refractivity contribution in [3.05, 3.63) is 95.2 Å². The van der Waals surface area contributed by atoms with E-state index in [2.05, 4.69) is 22.3 Å². The third-order valence-electron chi connectivity index (χ3n) is 6.23. The molecule has 4 rings (SSSR count). The van der Waals surface area contributed by atoms with Gasteiger partial charge in [0, 0.05) is 35.9 Å². The first-order valence-corrected chi connectivity index (χ1v) is 14.3. The summed E-state index contributed by atoms with van der Waals surface area (Å²) in [5.41, 5.74) is 5.81. The number of allylic oxidation sites excluding steroid dienone is 1. The molecule has 12 heteroatoms. The van der Waals surface area contributed by atoms with Gasteiger partial charge in [0.2, 0.25) is 0 Å². The predicted molar refractivity (Wildman–Crippen MR) is 154 cm³/mol. The maximum atomic E-state index is 12.1. The number of fused-ring (bicyclic) bond motifs is 1. The predicted octanol–water partition coefficient (Wildman–Crippen LogP) is 3.56. The molecule has 0 radical (unpaired) electrons. The van der Waals surface area contributed by atoms with Gasteiger partial charge in [-0.25, -0.2) is 10.8 Å². The molecule has 11 nitrogen and oxygen atoms in total. The summed E-state index contributed by atoms with van der Waals surface area (Å²) < 4.78 is 35.8. The number of nitrogen functional groups attached to an aromatic ring is 1. The maximum absolute atomic E-state index is 12.1. The molecule has 1 amide bonds. The molecule has 5 N–H and O–H groups in total. The van der Waals surface area contributed by atoms with Crippen LogP contribution in [0.2, 0.25) is 0 Å². The van der Waals surface area contributed by atoms with Crippen LogP contribution in [0.1, 0.15) is 61.5 Å². The summed E-state index contributed by atoms with van der Waals surface area (Å²) in [6.45, 7) is 4.78. The fourth-order valence-corrected chi connectivity index (χ4v) is 4.93. The van der Waals surface area contributed by atoms with Crippen LogP contribution >= 0.6 is 0 Å². The lowest BCUT2D eigenvalue weighted by atomic mass is 9.86. The smallest absolute Gasteiger partial charge is 0.295 e. The Balaban J connectivity index is 0.000000322. The van der Waals surface area contributed by atoms with Crippen molar-refractivity contribution in [1.82, 2.24) is 10.3 Å². The van der Waals surface area contributed by atoms with Crippen molar-refractivity contribution in [1.29, 1.82) is 0 Å². The van der Waals surface area contributed by atoms with Crippen molar-refractivity contribution in [2.75, 3.05) is 18.6 Å². The van der Waals surface area contributed by atoms with E-state index in [9.17, 15) is 22.8 Å². The number of Topliss-reactive ketones (excluding diaryl/α,β-unsaturated/α-hetero) is 1. The SMILES string of the molecule is C=CCc1c(OCCCNC(=O)c2ccc(NN)nc2)ccc2c1CCCC2=O.O=Cc1ccccc1S(=O)(=O)O. The Hall–Kier alpha value is -4.39. The van der Waals surface area contributed by atoms with Gasteiger partial charge in [0.05, 0.1) is 12.2 Å². The Morgan fingerprint density at radius 3 is 2.56 bits per heavy atom. The third kappa shape index (κ3) is 8.55. The van der Waals surface area contributed by atoms with Crippen LogP contribution in [0.3, 0.4) is 0 Å². The number of ketones is 1. The van der Waals surface area contributed by atoms with E-state index >= 15 is 0 Å². The Labute approximate surface area is 238 Å². The zero-order valence-corrected chi connectivity index (χ0v) is 23.2. The standard InChI is InChI=1S/C22H26N4O3.C7H6O4S/c1-2-5-18-16-6-3-7-19(27)17(16)9-10-20(18)29-13-4-12-24-22(28)15-8-11-21(26-23)25-14-15;8-5-6-3-1-2-4-7(6)12(9,10)11/h2,8-11,14H,1,3-7,12-13,23H2,(H,24,28)(H,25,26);1-5H,(H,9,10,11). The number of ether oxygens (including phenoxy) is 1. The molecule has 0 bridgehead atoms. The van der Waals surface area contributed by atoms with E-state index < -0.39 is 10.1 Å². The maximum Gasteiger partial charge on any atom is 0.295 e. The van der Waals surface area contributed by atoms with Crippen LogP contribution in [0.15, 0.2) is 72.3 Å². The number of rotatable bonds is 11. The molecule has 0 spiro atoms. The van der Waals surface area contributed by atoms with Crippen LogP contribution in [-0.2, 0) is 23.0 Å². The number of carbonyl (C=O) groups is 3. The summed E-state index contributed by atoms with van der Waals surface area (Å²) in [5.74, 6) is 6.56. The summed E-state index contributed by atoms with van der Waals surface area (Å²) in [6.07, 6.45) is 7.39. The molecule has 0 unspecified atom stereocenters. The van der Waals surface area contributed by atoms with E-state index in [-0.39, 0.29) is 22.1 Å². The Bertz CT molecular complexity index is 1510. The highest BCUT2D eigenvalue weighted by atomic mass is 32.2. The highest BCUT2D eigenvalue weighted by Gasteiger charge is 2.22. The first-order chi connectivity index (χ1) is 19.7. The second-order valence-corrected chi connectivity index (χ2v) is 10.4. The summed E-state index contributed by atoms with van der Waals surface area (Å²) in [7, 11) is -4.28. The molecule has 2 aromatic carbocycles. The van der Waals surface area contributed by atoms with Crippen molar-refractivity contribution in [3.8, 4) is 5.75 Å². The number of aldehydes is 1. The van der Waals surface area contributed by atoms with Crippen molar-refractivity contribution in [2.45, 2.75) is 37.0 Å². The molecular weight excluding hydrogens is 548 g/mol. The Kier molecular flexibility index (Phi) is 11.3. The van der Waals surface area contributed by atoms with Crippen LogP contribution in [0.25, 0.3) is 0 Å². The number of hydrogen-bond donors (Lipinski definition) is 4. The number of amides is 1. The fourth-order valence-electron chi connectivity index (χ4n) is 4.27. The highest BCUT2D eigenvalue weighted by Crippen LogP contribution is 2.32. The van der Waals surface area contributed by atoms with E-state index in [1.54, 1.807) is 12.1 Å². The molecule has 0 atom stereocenters. The molecule has 0 saturated heterocycles. The summed E-state index contributed by atoms with van der Waals surface area (Å²) in [4.78, 5) is 38.2. The molecule has 3 aromatic rings. The van der Waals surface area contributed by atoms with Gasteiger partial charge in [0.25, 0.3) is 16.0 Å². The molecule has 0 fully saturated rings. The first kappa shape index (κ1) is 31.1. The van der Waals surface area contributed by atoms with Gasteiger partial charge in [-0.1, -0.05) is 24.3 Å². The number of benzene rings is 2. The van der Waals surface area contributed by atoms with Gasteiger partial charge in [-0.2, -0.15) is 8.42 Å². The lowest BCUT2D eigenvalue weighted by Crippen LogP contribution is -2.26. The second kappa shape index (κ2) is 14.8. The third-order valence-corrected chi connectivity index (χ3v) is 7.16. The fraction of sp³-hybridized carbons (Fsp3) is 0.241. The number of nitrogens with two attached hydrogens (primary N) is 1. The number of pyridine rings is 1. The van der Waals surface area contributed by atoms with Crippen LogP contribution in [0.4, 0.5) is 5.82 Å². The zero-order valence-electron chi connectivity index (χ0n) is 22.3. The van der Waals surface area contributed by atoms with Gasteiger partial charge in [-0.3, -0.25) is 18.9 Å². The Morgan fingerprint density at radius 2 is 1.93 bits per heavy atom. The summed E-state index contributed by atoms with van der Waals surface area (Å²) in [5, 5.41) is 2.85. The minimum Gasteiger partial charge on any atom is -0.493 e. The zero-order chi connectivity index (χ0) is 29.8. The number of nitrogens with zero attached hydrogens (tertiary/aromatic N) is 1. The van der Waals surface area contributed by atoms with Crippen LogP contribution in [0, 0.1) is 0 Å². The molecule has 1 aromatic heterocycles. The normalized spacial score (nSPS) is 12.3. The van der Waals surface area contributed by atoms with E-state index in [0.29, 0.717) is 50.1 Å². The van der Waals surface area contributed by atoms with E-state index in [4.69, 9.17) is 15.1 Å². The van der Waals surface area contributed by atoms with Crippen molar-refractivity contribution in [3.63, 3.8) is 0 Å². The van der Waals surface area contributed by atoms with Crippen LogP contribution < -0.4 is 21.3 Å². The molecule has 1 aliphatic rings. The molecule has 1 aliphatic carbocycles. The monoisotopic (exact) mass is 580 g/mol. The van der Waals surface area contributed by atoms with Crippen molar-refractivity contribution in [2.24, 2.45) is 5.84 Å². The lowest BCUT2D eigenvalue weighted by molar-refractivity contribution is 0.0948. The van der Waals surface area contributed by atoms with E-state index in [1.165, 1.54) is 30.5 Å². The van der Waals surface area contributed by atoms with Gasteiger partial charge in [-0.15, -0.1) is 6.58 Å². The highest BCUT2D eigenvalue weighted by molar-refractivity contribution is 7.86. The molecule has 41 heavy (non-hydrogen) atoms. The van der Waals surface area contributed by atoms with Gasteiger partial charge >= 0.3 is 0 Å². The second-order valence-electron chi connectivity index (χ2n) is 9.00. The summed E-state index contributed by atoms with van der Waals surface area (Å²) >= 11 is 0. The quantitative estimate of drug-likeness (QED) is 0.0654. The van der Waals surface area contributed by atoms with Gasteiger partial charge in [-0.05, 0) is 61.6 Å².